The smallest absolute Gasteiger partial charge is 0.142 e. The van der Waals surface area contributed by atoms with E-state index in [4.69, 9.17) is 0 Å². The van der Waals surface area contributed by atoms with Gasteiger partial charge in [0.15, 0.2) is 0 Å². The van der Waals surface area contributed by atoms with Gasteiger partial charge in [-0.25, -0.2) is 0 Å². The highest BCUT2D eigenvalue weighted by atomic mass is 16.3. The number of allylic oxidation sites excluding steroid dienone is 5. The molecule has 1 rings (SSSR count). The zero-order valence-electron chi connectivity index (χ0n) is 11.4. The minimum absolute atomic E-state index is 0.0850. The fraction of sp³-hybridized carbons (Fsp3) is 0.500. The van der Waals surface area contributed by atoms with Crippen LogP contribution < -0.4 is 0 Å². The molecule has 0 aromatic carbocycles. The molecule has 3 atom stereocenters. The Bertz CT molecular complexity index is 379. The highest BCUT2D eigenvalue weighted by Gasteiger charge is 2.38. The van der Waals surface area contributed by atoms with Crippen molar-refractivity contribution in [2.75, 3.05) is 0 Å². The van der Waals surface area contributed by atoms with Crippen LogP contribution in [0, 0.1) is 11.8 Å². The Kier molecular flexibility index (Phi) is 7.04. The lowest BCUT2D eigenvalue weighted by atomic mass is 9.90. The molecule has 3 unspecified atom stereocenters. The number of carbonyl (C=O) groups is 2. The summed E-state index contributed by atoms with van der Waals surface area (Å²) < 4.78 is 0. The molecule has 104 valence electrons. The molecule has 3 nitrogen and oxygen atoms in total. The average molecular weight is 262 g/mol. The average Bonchev–Trinajstić information content (AvgIpc) is 2.66. The zero-order valence-corrected chi connectivity index (χ0v) is 11.4. The van der Waals surface area contributed by atoms with Gasteiger partial charge in [0, 0.05) is 18.3 Å². The number of hydrogen-bond acceptors (Lipinski definition) is 3. The van der Waals surface area contributed by atoms with E-state index in [1.54, 1.807) is 6.08 Å². The summed E-state index contributed by atoms with van der Waals surface area (Å²) >= 11 is 0. The van der Waals surface area contributed by atoms with Crippen molar-refractivity contribution in [1.29, 1.82) is 0 Å². The van der Waals surface area contributed by atoms with Crippen molar-refractivity contribution in [3.05, 3.63) is 36.5 Å². The van der Waals surface area contributed by atoms with Crippen molar-refractivity contribution in [2.24, 2.45) is 11.8 Å². The quantitative estimate of drug-likeness (QED) is 0.436. The van der Waals surface area contributed by atoms with Crippen LogP contribution in [0.3, 0.4) is 0 Å². The Hall–Kier alpha value is -1.48. The van der Waals surface area contributed by atoms with Crippen molar-refractivity contribution in [2.45, 2.75) is 38.7 Å². The maximum Gasteiger partial charge on any atom is 0.142 e. The molecule has 0 aromatic rings. The first kappa shape index (κ1) is 15.6. The van der Waals surface area contributed by atoms with E-state index < -0.39 is 6.10 Å². The van der Waals surface area contributed by atoms with Crippen LogP contribution in [-0.2, 0) is 9.59 Å². The molecule has 0 aromatic heterocycles. The first-order chi connectivity index (χ1) is 9.20. The minimum Gasteiger partial charge on any atom is -0.392 e. The fourth-order valence-electron chi connectivity index (χ4n) is 2.38. The third-order valence-corrected chi connectivity index (χ3v) is 3.38. The van der Waals surface area contributed by atoms with Crippen LogP contribution in [0.4, 0.5) is 0 Å². The van der Waals surface area contributed by atoms with Crippen molar-refractivity contribution in [3.8, 4) is 0 Å². The highest BCUT2D eigenvalue weighted by Crippen LogP contribution is 2.33. The van der Waals surface area contributed by atoms with Gasteiger partial charge in [-0.15, -0.1) is 0 Å². The monoisotopic (exact) mass is 262 g/mol. The second-order valence-corrected chi connectivity index (χ2v) is 4.77. The zero-order chi connectivity index (χ0) is 14.1. The van der Waals surface area contributed by atoms with Gasteiger partial charge < -0.3 is 5.11 Å². The summed E-state index contributed by atoms with van der Waals surface area (Å²) in [5, 5.41) is 9.81. The van der Waals surface area contributed by atoms with Gasteiger partial charge in [-0.3, -0.25) is 9.59 Å². The number of Topliss-reactive ketones (excluding diaryl/α,β-unsaturated/α-hetero) is 1. The molecule has 0 aliphatic heterocycles. The van der Waals surface area contributed by atoms with E-state index in [2.05, 4.69) is 19.1 Å². The predicted octanol–water partition coefficient (Wildman–Crippen LogP) is 2.61. The fourth-order valence-corrected chi connectivity index (χ4v) is 2.38. The van der Waals surface area contributed by atoms with Crippen LogP contribution in [0.1, 0.15) is 32.6 Å². The van der Waals surface area contributed by atoms with Crippen LogP contribution in [0.5, 0.6) is 0 Å². The van der Waals surface area contributed by atoms with E-state index in [-0.39, 0.29) is 24.0 Å². The summed E-state index contributed by atoms with van der Waals surface area (Å²) in [6.07, 6.45) is 14.0. The summed E-state index contributed by atoms with van der Waals surface area (Å²) in [5.74, 6) is -0.340. The van der Waals surface area contributed by atoms with Crippen molar-refractivity contribution in [3.63, 3.8) is 0 Å². The van der Waals surface area contributed by atoms with Gasteiger partial charge >= 0.3 is 0 Å². The summed E-state index contributed by atoms with van der Waals surface area (Å²) in [7, 11) is 0. The van der Waals surface area contributed by atoms with Gasteiger partial charge in [0.05, 0.1) is 6.10 Å². The maximum atomic E-state index is 11.8. The number of ketones is 1. The van der Waals surface area contributed by atoms with E-state index in [0.29, 0.717) is 12.7 Å². The SMILES string of the molecule is CC/C=C/C/C=C/CC1C(=O)CC(O)C1/C=C/C=O. The lowest BCUT2D eigenvalue weighted by molar-refractivity contribution is -0.121. The van der Waals surface area contributed by atoms with Gasteiger partial charge in [0.1, 0.15) is 12.1 Å². The molecule has 1 aliphatic rings. The lowest BCUT2D eigenvalue weighted by Crippen LogP contribution is -2.17. The van der Waals surface area contributed by atoms with Crippen LogP contribution in [0.2, 0.25) is 0 Å². The Balaban J connectivity index is 2.53. The number of hydrogen-bond donors (Lipinski definition) is 1. The standard InChI is InChI=1S/C16H22O3/c1-2-3-4-5-6-7-9-13-14(10-8-11-17)16(19)12-15(13)18/h3-4,6-8,10-11,13-14,16,19H,2,5,9,12H2,1H3/b4-3+,7-6+,10-8+. The molecule has 3 heteroatoms. The topological polar surface area (TPSA) is 54.4 Å². The molecule has 19 heavy (non-hydrogen) atoms. The summed E-state index contributed by atoms with van der Waals surface area (Å²) in [4.78, 5) is 22.1. The molecule has 1 saturated carbocycles. The molecular formula is C16H22O3. The molecule has 0 saturated heterocycles. The number of aliphatic hydroxyl groups is 1. The van der Waals surface area contributed by atoms with Crippen LogP contribution in [0.25, 0.3) is 0 Å². The number of rotatable bonds is 7. The normalized spacial score (nSPS) is 28.1. The largest absolute Gasteiger partial charge is 0.392 e. The molecular weight excluding hydrogens is 240 g/mol. The van der Waals surface area contributed by atoms with Crippen LogP contribution >= 0.6 is 0 Å². The third-order valence-electron chi connectivity index (χ3n) is 3.38. The maximum absolute atomic E-state index is 11.8. The van der Waals surface area contributed by atoms with Crippen molar-refractivity contribution < 1.29 is 14.7 Å². The highest BCUT2D eigenvalue weighted by molar-refractivity contribution is 5.85. The van der Waals surface area contributed by atoms with Gasteiger partial charge in [-0.1, -0.05) is 37.3 Å². The summed E-state index contributed by atoms with van der Waals surface area (Å²) in [6.45, 7) is 2.09. The number of carbonyl (C=O) groups excluding carboxylic acids is 2. The molecule has 0 radical (unpaired) electrons. The summed E-state index contributed by atoms with van der Waals surface area (Å²) in [5.41, 5.74) is 0. The summed E-state index contributed by atoms with van der Waals surface area (Å²) in [6, 6.07) is 0. The molecule has 0 heterocycles. The van der Waals surface area contributed by atoms with E-state index in [1.165, 1.54) is 6.08 Å². The van der Waals surface area contributed by atoms with Crippen LogP contribution in [0.15, 0.2) is 36.5 Å². The van der Waals surface area contributed by atoms with Crippen molar-refractivity contribution in [1.82, 2.24) is 0 Å². The molecule has 1 N–H and O–H groups in total. The molecule has 0 spiro atoms. The first-order valence-electron chi connectivity index (χ1n) is 6.83. The van der Waals surface area contributed by atoms with Gasteiger partial charge in [-0.2, -0.15) is 0 Å². The number of aldehydes is 1. The van der Waals surface area contributed by atoms with E-state index in [0.717, 1.165) is 12.8 Å². The Labute approximate surface area is 114 Å². The molecule has 0 amide bonds. The Morgan fingerprint density at radius 2 is 2.00 bits per heavy atom. The molecule has 0 bridgehead atoms. The first-order valence-corrected chi connectivity index (χ1v) is 6.83. The van der Waals surface area contributed by atoms with Gasteiger partial charge in [-0.05, 0) is 25.3 Å². The van der Waals surface area contributed by atoms with E-state index in [1.807, 2.05) is 12.2 Å². The minimum atomic E-state index is -0.651. The second-order valence-electron chi connectivity index (χ2n) is 4.77. The second kappa shape index (κ2) is 8.59. The Morgan fingerprint density at radius 1 is 1.26 bits per heavy atom. The van der Waals surface area contributed by atoms with E-state index in [9.17, 15) is 14.7 Å². The Morgan fingerprint density at radius 3 is 2.68 bits per heavy atom. The third kappa shape index (κ3) is 4.95. The molecule has 1 fully saturated rings. The number of aliphatic hydroxyl groups excluding tert-OH is 1. The van der Waals surface area contributed by atoms with E-state index >= 15 is 0 Å². The van der Waals surface area contributed by atoms with Gasteiger partial charge in [0.2, 0.25) is 0 Å². The van der Waals surface area contributed by atoms with Crippen LogP contribution in [-0.4, -0.2) is 23.3 Å². The lowest BCUT2D eigenvalue weighted by Gasteiger charge is -2.15. The van der Waals surface area contributed by atoms with Crippen molar-refractivity contribution >= 4 is 12.1 Å². The predicted molar refractivity (Wildman–Crippen MR) is 75.6 cm³/mol. The van der Waals surface area contributed by atoms with Gasteiger partial charge in [0.25, 0.3) is 0 Å². The molecule has 1 aliphatic carbocycles.